The van der Waals surface area contributed by atoms with Crippen LogP contribution in [-0.4, -0.2) is 8.42 Å². The minimum Gasteiger partial charge on any atom is -0.207 e. The second-order valence-electron chi connectivity index (χ2n) is 4.43. The Bertz CT molecular complexity index is 758. The molecule has 2 aromatic carbocycles. The van der Waals surface area contributed by atoms with Crippen LogP contribution in [0.3, 0.4) is 0 Å². The van der Waals surface area contributed by atoms with Gasteiger partial charge in [0.15, 0.2) is 0 Å². The molecule has 0 fully saturated rings. The van der Waals surface area contributed by atoms with Crippen LogP contribution in [0.25, 0.3) is 0 Å². The zero-order valence-electron chi connectivity index (χ0n) is 11.1. The number of alkyl halides is 3. The summed E-state index contributed by atoms with van der Waals surface area (Å²) in [5.74, 6) is 0. The lowest BCUT2D eigenvalue weighted by molar-refractivity contribution is -0.138. The Morgan fingerprint density at radius 1 is 1.00 bits per heavy atom. The minimum atomic E-state index is -4.54. The first-order chi connectivity index (χ1) is 10.2. The van der Waals surface area contributed by atoms with Gasteiger partial charge in [-0.3, -0.25) is 0 Å². The molecule has 0 saturated heterocycles. The van der Waals surface area contributed by atoms with E-state index in [0.717, 1.165) is 6.07 Å². The SMILES string of the molecule is O=S(=O)(NCc1ccccc1C(F)(F)F)c1ccc(Cl)cc1. The van der Waals surface area contributed by atoms with Gasteiger partial charge in [0, 0.05) is 11.6 Å². The maximum atomic E-state index is 12.8. The number of hydrogen-bond donors (Lipinski definition) is 1. The summed E-state index contributed by atoms with van der Waals surface area (Å²) in [5.41, 5.74) is -1.01. The van der Waals surface area contributed by atoms with Crippen molar-refractivity contribution in [3.05, 3.63) is 64.7 Å². The van der Waals surface area contributed by atoms with Gasteiger partial charge in [0.1, 0.15) is 0 Å². The van der Waals surface area contributed by atoms with Crippen LogP contribution in [0.5, 0.6) is 0 Å². The molecule has 0 bridgehead atoms. The zero-order valence-corrected chi connectivity index (χ0v) is 12.6. The summed E-state index contributed by atoms with van der Waals surface area (Å²) in [6.45, 7) is -0.458. The van der Waals surface area contributed by atoms with Gasteiger partial charge in [-0.25, -0.2) is 13.1 Å². The van der Waals surface area contributed by atoms with Gasteiger partial charge in [0.2, 0.25) is 10.0 Å². The molecule has 0 aliphatic rings. The average molecular weight is 350 g/mol. The largest absolute Gasteiger partial charge is 0.416 e. The summed E-state index contributed by atoms with van der Waals surface area (Å²) in [6.07, 6.45) is -4.54. The summed E-state index contributed by atoms with van der Waals surface area (Å²) in [4.78, 5) is -0.0682. The lowest BCUT2D eigenvalue weighted by atomic mass is 10.1. The number of hydrogen-bond acceptors (Lipinski definition) is 2. The normalized spacial score (nSPS) is 12.4. The fraction of sp³-hybridized carbons (Fsp3) is 0.143. The topological polar surface area (TPSA) is 46.2 Å². The van der Waals surface area contributed by atoms with Gasteiger partial charge in [-0.1, -0.05) is 29.8 Å². The van der Waals surface area contributed by atoms with Gasteiger partial charge < -0.3 is 0 Å². The van der Waals surface area contributed by atoms with Crippen molar-refractivity contribution < 1.29 is 21.6 Å². The van der Waals surface area contributed by atoms with E-state index in [1.54, 1.807) is 0 Å². The van der Waals surface area contributed by atoms with E-state index in [-0.39, 0.29) is 10.5 Å². The Morgan fingerprint density at radius 3 is 2.18 bits per heavy atom. The standard InChI is InChI=1S/C14H11ClF3NO2S/c15-11-5-7-12(8-6-11)22(20,21)19-9-10-3-1-2-4-13(10)14(16,17)18/h1-8,19H,9H2. The van der Waals surface area contributed by atoms with E-state index in [1.165, 1.54) is 42.5 Å². The molecule has 0 spiro atoms. The van der Waals surface area contributed by atoms with Crippen LogP contribution in [0.4, 0.5) is 13.2 Å². The molecule has 0 amide bonds. The number of halogens is 4. The van der Waals surface area contributed by atoms with Gasteiger partial charge in [-0.05, 0) is 35.9 Å². The highest BCUT2D eigenvalue weighted by Gasteiger charge is 2.33. The van der Waals surface area contributed by atoms with Crippen molar-refractivity contribution in [1.82, 2.24) is 4.72 Å². The molecule has 0 radical (unpaired) electrons. The van der Waals surface area contributed by atoms with E-state index in [2.05, 4.69) is 4.72 Å². The molecule has 118 valence electrons. The van der Waals surface area contributed by atoms with Gasteiger partial charge >= 0.3 is 6.18 Å². The van der Waals surface area contributed by atoms with E-state index in [1.807, 2.05) is 0 Å². The van der Waals surface area contributed by atoms with Crippen molar-refractivity contribution in [2.75, 3.05) is 0 Å². The second kappa shape index (κ2) is 6.28. The Morgan fingerprint density at radius 2 is 1.59 bits per heavy atom. The highest BCUT2D eigenvalue weighted by Crippen LogP contribution is 2.31. The van der Waals surface area contributed by atoms with Crippen molar-refractivity contribution in [3.63, 3.8) is 0 Å². The van der Waals surface area contributed by atoms with Crippen LogP contribution in [0.1, 0.15) is 11.1 Å². The highest BCUT2D eigenvalue weighted by atomic mass is 35.5. The average Bonchev–Trinajstić information content (AvgIpc) is 2.45. The number of benzene rings is 2. The predicted octanol–water partition coefficient (Wildman–Crippen LogP) is 3.84. The molecule has 8 heteroatoms. The molecular formula is C14H11ClF3NO2S. The monoisotopic (exact) mass is 349 g/mol. The van der Waals surface area contributed by atoms with E-state index >= 15 is 0 Å². The van der Waals surface area contributed by atoms with Gasteiger partial charge in [-0.15, -0.1) is 0 Å². The fourth-order valence-electron chi connectivity index (χ4n) is 1.82. The lowest BCUT2D eigenvalue weighted by Gasteiger charge is -2.13. The van der Waals surface area contributed by atoms with Crippen molar-refractivity contribution in [1.29, 1.82) is 0 Å². The number of nitrogens with one attached hydrogen (secondary N) is 1. The third kappa shape index (κ3) is 4.00. The summed E-state index contributed by atoms with van der Waals surface area (Å²) < 4.78 is 64.8. The quantitative estimate of drug-likeness (QED) is 0.911. The Balaban J connectivity index is 2.22. The number of sulfonamides is 1. The molecule has 2 aromatic rings. The Kier molecular flexibility index (Phi) is 4.79. The smallest absolute Gasteiger partial charge is 0.207 e. The first-order valence-corrected chi connectivity index (χ1v) is 7.96. The third-order valence-corrected chi connectivity index (χ3v) is 4.57. The molecule has 3 nitrogen and oxygen atoms in total. The molecular weight excluding hydrogens is 339 g/mol. The molecule has 0 saturated carbocycles. The van der Waals surface area contributed by atoms with Crippen LogP contribution < -0.4 is 4.72 Å². The van der Waals surface area contributed by atoms with Crippen molar-refractivity contribution in [3.8, 4) is 0 Å². The van der Waals surface area contributed by atoms with E-state index < -0.39 is 28.3 Å². The molecule has 22 heavy (non-hydrogen) atoms. The fourth-order valence-corrected chi connectivity index (χ4v) is 2.95. The Labute approximate surface area is 130 Å². The van der Waals surface area contributed by atoms with Crippen LogP contribution in [-0.2, 0) is 22.7 Å². The van der Waals surface area contributed by atoms with E-state index in [0.29, 0.717) is 5.02 Å². The number of rotatable bonds is 4. The molecule has 0 aliphatic carbocycles. The molecule has 0 atom stereocenters. The maximum absolute atomic E-state index is 12.8. The van der Waals surface area contributed by atoms with Crippen molar-refractivity contribution >= 4 is 21.6 Å². The molecule has 2 rings (SSSR count). The van der Waals surface area contributed by atoms with Gasteiger partial charge in [-0.2, -0.15) is 13.2 Å². The summed E-state index contributed by atoms with van der Waals surface area (Å²) in [7, 11) is -3.91. The zero-order chi connectivity index (χ0) is 16.4. The summed E-state index contributed by atoms with van der Waals surface area (Å²) in [5, 5.41) is 0.362. The van der Waals surface area contributed by atoms with Crippen molar-refractivity contribution in [2.45, 2.75) is 17.6 Å². The predicted molar refractivity (Wildman–Crippen MR) is 76.9 cm³/mol. The van der Waals surface area contributed by atoms with Crippen LogP contribution in [0, 0.1) is 0 Å². The molecule has 0 aliphatic heterocycles. The second-order valence-corrected chi connectivity index (χ2v) is 6.64. The highest BCUT2D eigenvalue weighted by molar-refractivity contribution is 7.89. The first-order valence-electron chi connectivity index (χ1n) is 6.10. The molecule has 0 aromatic heterocycles. The van der Waals surface area contributed by atoms with Gasteiger partial charge in [0.05, 0.1) is 10.5 Å². The summed E-state index contributed by atoms with van der Waals surface area (Å²) in [6, 6.07) is 10.1. The van der Waals surface area contributed by atoms with Crippen LogP contribution >= 0.6 is 11.6 Å². The van der Waals surface area contributed by atoms with Crippen LogP contribution in [0.15, 0.2) is 53.4 Å². The van der Waals surface area contributed by atoms with Crippen LogP contribution in [0.2, 0.25) is 5.02 Å². The first kappa shape index (κ1) is 16.8. The maximum Gasteiger partial charge on any atom is 0.416 e. The van der Waals surface area contributed by atoms with Gasteiger partial charge in [0.25, 0.3) is 0 Å². The molecule has 0 unspecified atom stereocenters. The minimum absolute atomic E-state index is 0.0682. The molecule has 0 heterocycles. The Hall–Kier alpha value is -1.57. The third-order valence-electron chi connectivity index (χ3n) is 2.90. The van der Waals surface area contributed by atoms with E-state index in [9.17, 15) is 21.6 Å². The molecule has 1 N–H and O–H groups in total. The summed E-state index contributed by atoms with van der Waals surface area (Å²) >= 11 is 5.67. The lowest BCUT2D eigenvalue weighted by Crippen LogP contribution is -2.24. The van der Waals surface area contributed by atoms with E-state index in [4.69, 9.17) is 11.6 Å². The van der Waals surface area contributed by atoms with Crippen molar-refractivity contribution in [2.24, 2.45) is 0 Å².